The summed E-state index contributed by atoms with van der Waals surface area (Å²) in [6.07, 6.45) is 0. The zero-order valence-electron chi connectivity index (χ0n) is 11.0. The molecule has 2 unspecified atom stereocenters. The predicted molar refractivity (Wildman–Crippen MR) is 78.9 cm³/mol. The van der Waals surface area contributed by atoms with Crippen LogP contribution < -0.4 is 15.2 Å². The highest BCUT2D eigenvalue weighted by molar-refractivity contribution is 7.80. The molecule has 1 aromatic carbocycles. The Balaban J connectivity index is 3.23. The fourth-order valence-electron chi connectivity index (χ4n) is 1.75. The van der Waals surface area contributed by atoms with E-state index in [9.17, 15) is 0 Å². The summed E-state index contributed by atoms with van der Waals surface area (Å²) < 4.78 is 10.5. The molecule has 5 heteroatoms. The Kier molecular flexibility index (Phi) is 5.23. The summed E-state index contributed by atoms with van der Waals surface area (Å²) in [7, 11) is 3.19. The summed E-state index contributed by atoms with van der Waals surface area (Å²) in [5, 5.41) is 0.551. The van der Waals surface area contributed by atoms with Gasteiger partial charge in [-0.05, 0) is 17.5 Å². The van der Waals surface area contributed by atoms with Crippen LogP contribution in [0.5, 0.6) is 11.5 Å². The van der Waals surface area contributed by atoms with E-state index in [0.717, 1.165) is 11.3 Å². The van der Waals surface area contributed by atoms with Crippen LogP contribution in [0.4, 0.5) is 0 Å². The Labute approximate surface area is 118 Å². The minimum Gasteiger partial charge on any atom is -0.496 e. The summed E-state index contributed by atoms with van der Waals surface area (Å²) >= 11 is 11.2. The second-order valence-corrected chi connectivity index (χ2v) is 5.09. The molecule has 0 heterocycles. The van der Waals surface area contributed by atoms with E-state index in [-0.39, 0.29) is 11.8 Å². The van der Waals surface area contributed by atoms with Gasteiger partial charge in [-0.3, -0.25) is 0 Å². The maximum Gasteiger partial charge on any atom is 0.141 e. The maximum absolute atomic E-state index is 6.14. The molecule has 0 fully saturated rings. The van der Waals surface area contributed by atoms with Crippen molar-refractivity contribution in [1.82, 2.24) is 0 Å². The SMILES string of the molecule is COc1cc(OC)c(C(C)C(C)C(N)=S)cc1Cl. The van der Waals surface area contributed by atoms with Crippen LogP contribution in [-0.2, 0) is 0 Å². The topological polar surface area (TPSA) is 44.5 Å². The highest BCUT2D eigenvalue weighted by atomic mass is 35.5. The molecule has 0 amide bonds. The molecule has 1 rings (SSSR count). The number of hydrogen-bond donors (Lipinski definition) is 1. The van der Waals surface area contributed by atoms with Gasteiger partial charge >= 0.3 is 0 Å². The summed E-state index contributed by atoms with van der Waals surface area (Å²) in [5.74, 6) is 1.51. The fourth-order valence-corrected chi connectivity index (χ4v) is 2.21. The number of benzene rings is 1. The highest BCUT2D eigenvalue weighted by Gasteiger charge is 2.22. The standard InChI is InChI=1S/C13H18ClNO2S/c1-7(8(2)13(15)18)9-5-10(14)12(17-4)6-11(9)16-3/h5-8H,1-4H3,(H2,15,18). The Hall–Kier alpha value is -1.00. The molecule has 0 radical (unpaired) electrons. The lowest BCUT2D eigenvalue weighted by molar-refractivity contribution is 0.387. The minimum absolute atomic E-state index is 0.0679. The molecule has 0 bridgehead atoms. The third-order valence-corrected chi connectivity index (χ3v) is 3.86. The van der Waals surface area contributed by atoms with Gasteiger partial charge in [0, 0.05) is 12.0 Å². The molecule has 18 heavy (non-hydrogen) atoms. The molecular weight excluding hydrogens is 270 g/mol. The van der Waals surface area contributed by atoms with E-state index in [2.05, 4.69) is 0 Å². The zero-order valence-corrected chi connectivity index (χ0v) is 12.6. The summed E-state index contributed by atoms with van der Waals surface area (Å²) in [4.78, 5) is 0.483. The number of halogens is 1. The maximum atomic E-state index is 6.14. The average molecular weight is 288 g/mol. The molecule has 0 aliphatic rings. The summed E-state index contributed by atoms with van der Waals surface area (Å²) in [6, 6.07) is 3.62. The van der Waals surface area contributed by atoms with Crippen molar-refractivity contribution in [2.45, 2.75) is 19.8 Å². The monoisotopic (exact) mass is 287 g/mol. The molecule has 3 nitrogen and oxygen atoms in total. The first-order chi connectivity index (χ1) is 8.42. The molecule has 0 saturated heterocycles. The van der Waals surface area contributed by atoms with Gasteiger partial charge in [-0.1, -0.05) is 37.7 Å². The number of methoxy groups -OCH3 is 2. The Morgan fingerprint density at radius 1 is 1.22 bits per heavy atom. The first-order valence-corrected chi connectivity index (χ1v) is 6.41. The van der Waals surface area contributed by atoms with Crippen molar-refractivity contribution < 1.29 is 9.47 Å². The summed E-state index contributed by atoms with van der Waals surface area (Å²) in [6.45, 7) is 4.04. The normalized spacial score (nSPS) is 13.8. The van der Waals surface area contributed by atoms with Crippen molar-refractivity contribution in [3.63, 3.8) is 0 Å². The van der Waals surface area contributed by atoms with Crippen LogP contribution in [0.2, 0.25) is 5.02 Å². The van der Waals surface area contributed by atoms with Crippen LogP contribution in [-0.4, -0.2) is 19.2 Å². The van der Waals surface area contributed by atoms with Crippen molar-refractivity contribution in [1.29, 1.82) is 0 Å². The highest BCUT2D eigenvalue weighted by Crippen LogP contribution is 2.38. The number of thiocarbonyl (C=S) groups is 1. The molecule has 100 valence electrons. The van der Waals surface area contributed by atoms with Crippen molar-refractivity contribution in [3.8, 4) is 11.5 Å². The number of rotatable bonds is 5. The predicted octanol–water partition coefficient (Wildman–Crippen LogP) is 3.38. The van der Waals surface area contributed by atoms with Gasteiger partial charge in [0.05, 0.1) is 24.2 Å². The largest absolute Gasteiger partial charge is 0.496 e. The van der Waals surface area contributed by atoms with Crippen molar-refractivity contribution in [2.75, 3.05) is 14.2 Å². The van der Waals surface area contributed by atoms with Gasteiger partial charge in [0.2, 0.25) is 0 Å². The van der Waals surface area contributed by atoms with Gasteiger partial charge in [0.25, 0.3) is 0 Å². The quantitative estimate of drug-likeness (QED) is 0.843. The van der Waals surface area contributed by atoms with Crippen LogP contribution in [0, 0.1) is 5.92 Å². The average Bonchev–Trinajstić information content (AvgIpc) is 2.36. The second-order valence-electron chi connectivity index (χ2n) is 4.21. The number of nitrogens with two attached hydrogens (primary N) is 1. The number of ether oxygens (including phenoxy) is 2. The van der Waals surface area contributed by atoms with E-state index in [4.69, 9.17) is 39.0 Å². The third kappa shape index (κ3) is 3.06. The lowest BCUT2D eigenvalue weighted by Gasteiger charge is -2.22. The number of hydrogen-bond acceptors (Lipinski definition) is 3. The molecule has 0 saturated carbocycles. The van der Waals surface area contributed by atoms with Crippen LogP contribution in [0.25, 0.3) is 0 Å². The fraction of sp³-hybridized carbons (Fsp3) is 0.462. The lowest BCUT2D eigenvalue weighted by Crippen LogP contribution is -2.23. The first kappa shape index (κ1) is 15.1. The van der Waals surface area contributed by atoms with E-state index in [1.165, 1.54) is 0 Å². The van der Waals surface area contributed by atoms with Crippen LogP contribution in [0.3, 0.4) is 0 Å². The van der Waals surface area contributed by atoms with Gasteiger partial charge < -0.3 is 15.2 Å². The van der Waals surface area contributed by atoms with Gasteiger partial charge in [-0.15, -0.1) is 0 Å². The van der Waals surface area contributed by atoms with Crippen LogP contribution in [0.1, 0.15) is 25.3 Å². The van der Waals surface area contributed by atoms with E-state index in [1.54, 1.807) is 20.3 Å². The molecule has 0 spiro atoms. The van der Waals surface area contributed by atoms with Crippen molar-refractivity contribution in [3.05, 3.63) is 22.7 Å². The zero-order chi connectivity index (χ0) is 13.9. The van der Waals surface area contributed by atoms with Gasteiger partial charge in [0.1, 0.15) is 11.5 Å². The van der Waals surface area contributed by atoms with Crippen molar-refractivity contribution in [2.24, 2.45) is 11.7 Å². The van der Waals surface area contributed by atoms with E-state index >= 15 is 0 Å². The Morgan fingerprint density at radius 2 is 1.78 bits per heavy atom. The van der Waals surface area contributed by atoms with Gasteiger partial charge in [0.15, 0.2) is 0 Å². The lowest BCUT2D eigenvalue weighted by atomic mass is 9.88. The smallest absolute Gasteiger partial charge is 0.141 e. The molecule has 2 N–H and O–H groups in total. The second kappa shape index (κ2) is 6.25. The van der Waals surface area contributed by atoms with Crippen LogP contribution in [0.15, 0.2) is 12.1 Å². The van der Waals surface area contributed by atoms with E-state index < -0.39 is 0 Å². The molecule has 2 atom stereocenters. The first-order valence-electron chi connectivity index (χ1n) is 5.63. The summed E-state index contributed by atoms with van der Waals surface area (Å²) in [5.41, 5.74) is 6.67. The minimum atomic E-state index is 0.0679. The van der Waals surface area contributed by atoms with Gasteiger partial charge in [-0.2, -0.15) is 0 Å². The van der Waals surface area contributed by atoms with E-state index in [0.29, 0.717) is 15.8 Å². The van der Waals surface area contributed by atoms with Gasteiger partial charge in [-0.25, -0.2) is 0 Å². The molecule has 0 aromatic heterocycles. The molecular formula is C13H18ClNO2S. The van der Waals surface area contributed by atoms with Crippen molar-refractivity contribution >= 4 is 28.8 Å². The molecule has 0 aliphatic heterocycles. The van der Waals surface area contributed by atoms with E-state index in [1.807, 2.05) is 19.9 Å². The Morgan fingerprint density at radius 3 is 2.22 bits per heavy atom. The third-order valence-electron chi connectivity index (χ3n) is 3.19. The molecule has 1 aromatic rings. The molecule has 0 aliphatic carbocycles. The van der Waals surface area contributed by atoms with Crippen LogP contribution >= 0.6 is 23.8 Å². The Bertz CT molecular complexity index is 451.